The van der Waals surface area contributed by atoms with Crippen molar-refractivity contribution in [3.8, 4) is 11.8 Å². The molecule has 5 heteroatoms. The van der Waals surface area contributed by atoms with Gasteiger partial charge in [0.25, 0.3) is 5.91 Å². The molecule has 0 saturated carbocycles. The average Bonchev–Trinajstić information content (AvgIpc) is 3.02. The van der Waals surface area contributed by atoms with E-state index >= 15 is 0 Å². The third-order valence-electron chi connectivity index (χ3n) is 2.80. The third kappa shape index (κ3) is 4.15. The van der Waals surface area contributed by atoms with Gasteiger partial charge in [0.1, 0.15) is 5.01 Å². The third-order valence-corrected chi connectivity index (χ3v) is 3.76. The smallest absolute Gasteiger partial charge is 0.253 e. The number of hydrogen-bond donors (Lipinski definition) is 2. The lowest BCUT2D eigenvalue weighted by Gasteiger charge is -2.12. The van der Waals surface area contributed by atoms with E-state index < -0.39 is 0 Å². The van der Waals surface area contributed by atoms with E-state index in [1.165, 1.54) is 11.3 Å². The van der Waals surface area contributed by atoms with Gasteiger partial charge in [0.05, 0.1) is 18.2 Å². The second-order valence-electron chi connectivity index (χ2n) is 4.39. The van der Waals surface area contributed by atoms with E-state index in [-0.39, 0.29) is 18.6 Å². The quantitative estimate of drug-likeness (QED) is 0.852. The van der Waals surface area contributed by atoms with Crippen molar-refractivity contribution in [2.75, 3.05) is 6.61 Å². The maximum Gasteiger partial charge on any atom is 0.253 e. The van der Waals surface area contributed by atoms with Crippen molar-refractivity contribution in [3.05, 3.63) is 52.0 Å². The lowest BCUT2D eigenvalue weighted by Crippen LogP contribution is -2.27. The summed E-state index contributed by atoms with van der Waals surface area (Å²) in [5.41, 5.74) is 1.20. The normalized spacial score (nSPS) is 11.3. The molecule has 1 unspecified atom stereocenters. The summed E-state index contributed by atoms with van der Waals surface area (Å²) >= 11 is 1.51. The number of rotatable bonds is 4. The topological polar surface area (TPSA) is 62.2 Å². The van der Waals surface area contributed by atoms with Crippen molar-refractivity contribution in [2.45, 2.75) is 19.4 Å². The molecular formula is C16H16N2O2S. The highest BCUT2D eigenvalue weighted by molar-refractivity contribution is 7.09. The first-order valence-electron chi connectivity index (χ1n) is 6.61. The Labute approximate surface area is 127 Å². The van der Waals surface area contributed by atoms with Gasteiger partial charge in [-0.2, -0.15) is 0 Å². The van der Waals surface area contributed by atoms with Crippen LogP contribution in [0.2, 0.25) is 0 Å². The molecule has 21 heavy (non-hydrogen) atoms. The number of hydrogen-bond acceptors (Lipinski definition) is 4. The molecule has 0 spiro atoms. The monoisotopic (exact) mass is 300 g/mol. The van der Waals surface area contributed by atoms with Gasteiger partial charge in [-0.3, -0.25) is 4.79 Å². The maximum atomic E-state index is 12.4. The van der Waals surface area contributed by atoms with E-state index in [1.807, 2.05) is 18.4 Å². The first kappa shape index (κ1) is 15.2. The summed E-state index contributed by atoms with van der Waals surface area (Å²) in [5, 5.41) is 14.4. The highest BCUT2D eigenvalue weighted by Gasteiger charge is 2.15. The van der Waals surface area contributed by atoms with E-state index in [0.717, 1.165) is 5.01 Å². The summed E-state index contributed by atoms with van der Waals surface area (Å²) < 4.78 is 0. The summed E-state index contributed by atoms with van der Waals surface area (Å²) in [6, 6.07) is 7.04. The number of amides is 1. The van der Waals surface area contributed by atoms with Gasteiger partial charge >= 0.3 is 0 Å². The van der Waals surface area contributed by atoms with Gasteiger partial charge in [-0.05, 0) is 19.1 Å². The number of nitrogens with zero attached hydrogens (tertiary/aromatic N) is 1. The van der Waals surface area contributed by atoms with Crippen molar-refractivity contribution >= 4 is 17.2 Å². The van der Waals surface area contributed by atoms with Crippen molar-refractivity contribution in [3.63, 3.8) is 0 Å². The second kappa shape index (κ2) is 7.58. The Morgan fingerprint density at radius 1 is 1.48 bits per heavy atom. The van der Waals surface area contributed by atoms with Gasteiger partial charge in [0, 0.05) is 23.6 Å². The van der Waals surface area contributed by atoms with Gasteiger partial charge in [-0.15, -0.1) is 11.3 Å². The lowest BCUT2D eigenvalue weighted by atomic mass is 10.1. The molecular weight excluding hydrogens is 284 g/mol. The molecule has 1 atom stereocenters. The van der Waals surface area contributed by atoms with E-state index in [0.29, 0.717) is 17.5 Å². The van der Waals surface area contributed by atoms with Crippen LogP contribution < -0.4 is 5.32 Å². The lowest BCUT2D eigenvalue weighted by molar-refractivity contribution is 0.0939. The fraction of sp³-hybridized carbons (Fsp3) is 0.250. The summed E-state index contributed by atoms with van der Waals surface area (Å²) in [7, 11) is 0. The molecule has 0 radical (unpaired) electrons. The van der Waals surface area contributed by atoms with Crippen LogP contribution in [0.3, 0.4) is 0 Å². The van der Waals surface area contributed by atoms with Crippen LogP contribution in [-0.4, -0.2) is 22.6 Å². The first-order chi connectivity index (χ1) is 10.2. The van der Waals surface area contributed by atoms with Crippen molar-refractivity contribution in [1.82, 2.24) is 10.3 Å². The van der Waals surface area contributed by atoms with Crippen LogP contribution in [0.4, 0.5) is 0 Å². The van der Waals surface area contributed by atoms with Crippen LogP contribution in [0.25, 0.3) is 0 Å². The van der Waals surface area contributed by atoms with Crippen LogP contribution in [0.1, 0.15) is 40.3 Å². The summed E-state index contributed by atoms with van der Waals surface area (Å²) in [6.07, 6.45) is 2.11. The number of nitrogens with one attached hydrogen (secondary N) is 1. The zero-order chi connectivity index (χ0) is 15.1. The Balaban J connectivity index is 2.14. The number of aromatic nitrogens is 1. The molecule has 2 aromatic rings. The molecule has 0 fully saturated rings. The molecule has 0 aliphatic rings. The van der Waals surface area contributed by atoms with E-state index in [2.05, 4.69) is 22.1 Å². The fourth-order valence-electron chi connectivity index (χ4n) is 1.79. The number of benzene rings is 1. The SMILES string of the molecule is CC(NC(=O)c1ccccc1C#CCCO)c1nccs1. The van der Waals surface area contributed by atoms with Crippen molar-refractivity contribution < 1.29 is 9.90 Å². The van der Waals surface area contributed by atoms with Crippen LogP contribution in [0.5, 0.6) is 0 Å². The molecule has 2 rings (SSSR count). The summed E-state index contributed by atoms with van der Waals surface area (Å²) in [4.78, 5) is 16.5. The predicted molar refractivity (Wildman–Crippen MR) is 83.0 cm³/mol. The Bertz CT molecular complexity index is 656. The molecule has 1 amide bonds. The standard InChI is InChI=1S/C16H16N2O2S/c1-12(16-17-9-11-21-16)18-15(20)14-8-3-2-6-13(14)7-4-5-10-19/h2-3,6,8-9,11-12,19H,5,10H2,1H3,(H,18,20). The zero-order valence-corrected chi connectivity index (χ0v) is 12.5. The van der Waals surface area contributed by atoms with Crippen molar-refractivity contribution in [1.29, 1.82) is 0 Å². The minimum atomic E-state index is -0.174. The van der Waals surface area contributed by atoms with E-state index in [9.17, 15) is 4.79 Å². The van der Waals surface area contributed by atoms with Crippen LogP contribution in [0.15, 0.2) is 35.8 Å². The van der Waals surface area contributed by atoms with Gasteiger partial charge in [-0.1, -0.05) is 24.0 Å². The largest absolute Gasteiger partial charge is 0.395 e. The second-order valence-corrected chi connectivity index (χ2v) is 5.31. The van der Waals surface area contributed by atoms with Crippen LogP contribution >= 0.6 is 11.3 Å². The molecule has 0 aliphatic carbocycles. The Morgan fingerprint density at radius 2 is 2.29 bits per heavy atom. The Hall–Kier alpha value is -2.16. The molecule has 0 bridgehead atoms. The van der Waals surface area contributed by atoms with Crippen molar-refractivity contribution in [2.24, 2.45) is 0 Å². The zero-order valence-electron chi connectivity index (χ0n) is 11.7. The van der Waals surface area contributed by atoms with Crippen LogP contribution in [-0.2, 0) is 0 Å². The number of carbonyl (C=O) groups excluding carboxylic acids is 1. The molecule has 0 aliphatic heterocycles. The van der Waals surface area contributed by atoms with Crippen LogP contribution in [0, 0.1) is 11.8 Å². The fourth-order valence-corrected chi connectivity index (χ4v) is 2.43. The Kier molecular flexibility index (Phi) is 5.50. The summed E-state index contributed by atoms with van der Waals surface area (Å²) in [6.45, 7) is 1.92. The minimum Gasteiger partial charge on any atom is -0.395 e. The maximum absolute atomic E-state index is 12.4. The number of thiazole rings is 1. The van der Waals surface area contributed by atoms with Gasteiger partial charge in [-0.25, -0.2) is 4.98 Å². The minimum absolute atomic E-state index is 0.0163. The molecule has 1 aromatic carbocycles. The van der Waals surface area contributed by atoms with Gasteiger partial charge < -0.3 is 10.4 Å². The molecule has 0 saturated heterocycles. The van der Waals surface area contributed by atoms with E-state index in [4.69, 9.17) is 5.11 Å². The first-order valence-corrected chi connectivity index (χ1v) is 7.49. The predicted octanol–water partition coefficient (Wildman–Crippen LogP) is 2.37. The number of aliphatic hydroxyl groups excluding tert-OH is 1. The summed E-state index contributed by atoms with van der Waals surface area (Å²) in [5.74, 6) is 5.58. The Morgan fingerprint density at radius 3 is 3.00 bits per heavy atom. The average molecular weight is 300 g/mol. The molecule has 1 aromatic heterocycles. The number of carbonyl (C=O) groups is 1. The molecule has 2 N–H and O–H groups in total. The van der Waals surface area contributed by atoms with Gasteiger partial charge in [0.2, 0.25) is 0 Å². The molecule has 4 nitrogen and oxygen atoms in total. The van der Waals surface area contributed by atoms with Gasteiger partial charge in [0.15, 0.2) is 0 Å². The molecule has 108 valence electrons. The van der Waals surface area contributed by atoms with E-state index in [1.54, 1.807) is 24.4 Å². The highest BCUT2D eigenvalue weighted by atomic mass is 32.1. The molecule has 1 heterocycles. The number of aliphatic hydroxyl groups is 1. The highest BCUT2D eigenvalue weighted by Crippen LogP contribution is 2.16.